The van der Waals surface area contributed by atoms with Gasteiger partial charge in [0.1, 0.15) is 0 Å². The number of nitrogens with one attached hydrogen (secondary N) is 1. The number of nitrogens with zero attached hydrogens (tertiary/aromatic N) is 1. The van der Waals surface area contributed by atoms with Crippen LogP contribution in [0.1, 0.15) is 31.2 Å². The fourth-order valence-corrected chi connectivity index (χ4v) is 2.02. The Labute approximate surface area is 95.7 Å². The number of rotatable bonds is 1. The molecule has 3 nitrogen and oxygen atoms in total. The second-order valence-corrected chi connectivity index (χ2v) is 4.24. The summed E-state index contributed by atoms with van der Waals surface area (Å²) in [5.41, 5.74) is 3.69. The van der Waals surface area contributed by atoms with Crippen molar-refractivity contribution in [2.45, 2.75) is 26.7 Å². The molecule has 0 spiro atoms. The molecule has 0 bridgehead atoms. The number of allylic oxidation sites excluding steroid dienone is 4. The van der Waals surface area contributed by atoms with E-state index in [0.717, 1.165) is 27.5 Å². The van der Waals surface area contributed by atoms with E-state index in [2.05, 4.69) is 17.5 Å². The molecule has 1 aromatic rings. The van der Waals surface area contributed by atoms with E-state index in [1.807, 2.05) is 39.0 Å². The molecule has 1 aromatic heterocycles. The first-order chi connectivity index (χ1) is 7.58. The van der Waals surface area contributed by atoms with Gasteiger partial charge in [-0.25, -0.2) is 0 Å². The van der Waals surface area contributed by atoms with E-state index in [4.69, 9.17) is 0 Å². The predicted octanol–water partition coefficient (Wildman–Crippen LogP) is 2.12. The van der Waals surface area contributed by atoms with Crippen molar-refractivity contribution in [1.82, 2.24) is 5.32 Å². The van der Waals surface area contributed by atoms with E-state index in [9.17, 15) is 5.21 Å². The zero-order valence-electron chi connectivity index (χ0n) is 9.82. The second-order valence-electron chi connectivity index (χ2n) is 4.24. The van der Waals surface area contributed by atoms with E-state index in [1.54, 1.807) is 0 Å². The summed E-state index contributed by atoms with van der Waals surface area (Å²) in [6.07, 6.45) is 4.13. The van der Waals surface area contributed by atoms with Crippen LogP contribution in [0.5, 0.6) is 0 Å². The smallest absolute Gasteiger partial charge is 0.203 e. The molecule has 0 amide bonds. The highest BCUT2D eigenvalue weighted by Crippen LogP contribution is 2.22. The van der Waals surface area contributed by atoms with Gasteiger partial charge in [-0.05, 0) is 32.1 Å². The average molecular weight is 216 g/mol. The van der Waals surface area contributed by atoms with Gasteiger partial charge in [-0.1, -0.05) is 0 Å². The highest BCUT2D eigenvalue weighted by Gasteiger charge is 2.19. The molecule has 0 aliphatic carbocycles. The number of hydrogen-bond acceptors (Lipinski definition) is 2. The molecule has 0 saturated carbocycles. The summed E-state index contributed by atoms with van der Waals surface area (Å²) >= 11 is 0. The molecular weight excluding hydrogens is 200 g/mol. The molecule has 16 heavy (non-hydrogen) atoms. The van der Waals surface area contributed by atoms with Crippen LogP contribution < -0.4 is 10.0 Å². The fourth-order valence-electron chi connectivity index (χ4n) is 2.02. The Balaban J connectivity index is 2.44. The van der Waals surface area contributed by atoms with Crippen molar-refractivity contribution in [3.8, 4) is 0 Å². The molecule has 1 aliphatic rings. The third kappa shape index (κ3) is 1.94. The lowest BCUT2D eigenvalue weighted by Crippen LogP contribution is -2.36. The Bertz CT molecular complexity index is 457. The first kappa shape index (κ1) is 10.7. The molecule has 84 valence electrons. The molecule has 0 unspecified atom stereocenters. The predicted molar refractivity (Wildman–Crippen MR) is 63.5 cm³/mol. The van der Waals surface area contributed by atoms with E-state index in [0.29, 0.717) is 0 Å². The average Bonchev–Trinajstić information content (AvgIpc) is 2.20. The van der Waals surface area contributed by atoms with Gasteiger partial charge in [0, 0.05) is 30.5 Å². The summed E-state index contributed by atoms with van der Waals surface area (Å²) < 4.78 is 1.00. The van der Waals surface area contributed by atoms with Crippen LogP contribution >= 0.6 is 0 Å². The van der Waals surface area contributed by atoms with Gasteiger partial charge in [0.05, 0.1) is 5.92 Å². The number of pyridine rings is 1. The Kier molecular flexibility index (Phi) is 2.69. The molecule has 0 radical (unpaired) electrons. The summed E-state index contributed by atoms with van der Waals surface area (Å²) in [5, 5.41) is 15.1. The topological polar surface area (TPSA) is 39.0 Å². The third-order valence-electron chi connectivity index (χ3n) is 2.75. The van der Waals surface area contributed by atoms with E-state index in [-0.39, 0.29) is 5.92 Å². The molecule has 0 saturated heterocycles. The van der Waals surface area contributed by atoms with Crippen molar-refractivity contribution in [3.05, 3.63) is 58.3 Å². The van der Waals surface area contributed by atoms with Crippen molar-refractivity contribution in [3.63, 3.8) is 0 Å². The van der Waals surface area contributed by atoms with Crippen LogP contribution in [-0.4, -0.2) is 0 Å². The highest BCUT2D eigenvalue weighted by atomic mass is 16.5. The molecule has 3 heteroatoms. The normalized spacial score (nSPS) is 16.4. The summed E-state index contributed by atoms with van der Waals surface area (Å²) in [4.78, 5) is 0. The summed E-state index contributed by atoms with van der Waals surface area (Å²) in [6, 6.07) is 5.63. The molecule has 0 aromatic carbocycles. The van der Waals surface area contributed by atoms with Crippen LogP contribution in [0, 0.1) is 12.1 Å². The monoisotopic (exact) mass is 216 g/mol. The van der Waals surface area contributed by atoms with Gasteiger partial charge in [0.2, 0.25) is 5.69 Å². The summed E-state index contributed by atoms with van der Waals surface area (Å²) in [5.74, 6) is 0.0682. The molecule has 1 aliphatic heterocycles. The number of aromatic nitrogens is 1. The van der Waals surface area contributed by atoms with Gasteiger partial charge in [-0.3, -0.25) is 0 Å². The molecular formula is C13H16N2O. The summed E-state index contributed by atoms with van der Waals surface area (Å²) in [6.45, 7) is 5.84. The van der Waals surface area contributed by atoms with Gasteiger partial charge < -0.3 is 10.5 Å². The standard InChI is InChI=1S/C13H16N2O/c1-9-7-12(8-10(2)14-9)13-6-4-5-11(3)15(13)16/h4-8,12,14H,1-3H3. The highest BCUT2D eigenvalue weighted by molar-refractivity contribution is 5.29. The van der Waals surface area contributed by atoms with Crippen LogP contribution in [-0.2, 0) is 0 Å². The third-order valence-corrected chi connectivity index (χ3v) is 2.75. The SMILES string of the molecule is CC1=CC(c2cccc(C)[n+]2[O-])C=C(C)N1. The number of dihydropyridines is 1. The number of aryl methyl sites for hydroxylation is 1. The van der Waals surface area contributed by atoms with E-state index in [1.165, 1.54) is 0 Å². The van der Waals surface area contributed by atoms with Crippen molar-refractivity contribution >= 4 is 0 Å². The van der Waals surface area contributed by atoms with Crippen molar-refractivity contribution in [2.75, 3.05) is 0 Å². The van der Waals surface area contributed by atoms with Gasteiger partial charge >= 0.3 is 0 Å². The maximum Gasteiger partial charge on any atom is 0.203 e. The fraction of sp³-hybridized carbons (Fsp3) is 0.308. The van der Waals surface area contributed by atoms with E-state index < -0.39 is 0 Å². The summed E-state index contributed by atoms with van der Waals surface area (Å²) in [7, 11) is 0. The minimum atomic E-state index is 0.0682. The zero-order valence-corrected chi connectivity index (χ0v) is 9.82. The lowest BCUT2D eigenvalue weighted by atomic mass is 9.99. The maximum atomic E-state index is 11.9. The van der Waals surface area contributed by atoms with E-state index >= 15 is 0 Å². The van der Waals surface area contributed by atoms with Crippen LogP contribution in [0.4, 0.5) is 0 Å². The zero-order chi connectivity index (χ0) is 11.7. The van der Waals surface area contributed by atoms with Crippen molar-refractivity contribution < 1.29 is 4.73 Å². The minimum Gasteiger partial charge on any atom is -0.618 e. The number of hydrogen-bond donors (Lipinski definition) is 1. The largest absolute Gasteiger partial charge is 0.618 e. The lowest BCUT2D eigenvalue weighted by molar-refractivity contribution is -0.621. The Morgan fingerprint density at radius 3 is 2.38 bits per heavy atom. The Morgan fingerprint density at radius 1 is 1.12 bits per heavy atom. The van der Waals surface area contributed by atoms with Crippen LogP contribution in [0.25, 0.3) is 0 Å². The van der Waals surface area contributed by atoms with Gasteiger partial charge in [-0.2, -0.15) is 4.73 Å². The molecule has 0 fully saturated rings. The van der Waals surface area contributed by atoms with Crippen LogP contribution in [0.3, 0.4) is 0 Å². The lowest BCUT2D eigenvalue weighted by Gasteiger charge is -2.18. The molecule has 0 atom stereocenters. The van der Waals surface area contributed by atoms with Crippen LogP contribution in [0.15, 0.2) is 41.7 Å². The first-order valence-electron chi connectivity index (χ1n) is 5.41. The van der Waals surface area contributed by atoms with Gasteiger partial charge in [0.25, 0.3) is 0 Å². The first-order valence-corrected chi connectivity index (χ1v) is 5.41. The molecule has 1 N–H and O–H groups in total. The second kappa shape index (κ2) is 4.00. The Hall–Kier alpha value is -1.77. The van der Waals surface area contributed by atoms with Gasteiger partial charge in [-0.15, -0.1) is 0 Å². The molecule has 2 rings (SSSR count). The molecule has 2 heterocycles. The van der Waals surface area contributed by atoms with Crippen molar-refractivity contribution in [1.29, 1.82) is 0 Å². The van der Waals surface area contributed by atoms with Crippen LogP contribution in [0.2, 0.25) is 0 Å². The Morgan fingerprint density at radius 2 is 1.75 bits per heavy atom. The maximum absolute atomic E-state index is 11.9. The van der Waals surface area contributed by atoms with Crippen molar-refractivity contribution in [2.24, 2.45) is 0 Å². The van der Waals surface area contributed by atoms with Gasteiger partial charge in [0.15, 0.2) is 5.69 Å². The quantitative estimate of drug-likeness (QED) is 0.577. The minimum absolute atomic E-state index is 0.0682.